The minimum absolute atomic E-state index is 0.0912. The molecule has 0 N–H and O–H groups in total. The topological polar surface area (TPSA) is 26.0 Å². The van der Waals surface area contributed by atoms with Crippen LogP contribution >= 0.6 is 22.6 Å². The van der Waals surface area contributed by atoms with Crippen molar-refractivity contribution in [1.82, 2.24) is 5.16 Å². The Balaban J connectivity index is 2.36. The first kappa shape index (κ1) is 11.0. The van der Waals surface area contributed by atoms with E-state index in [0.29, 0.717) is 0 Å². The maximum Gasteiger partial charge on any atom is 0.168 e. The molecule has 17 heavy (non-hydrogen) atoms. The van der Waals surface area contributed by atoms with Crippen LogP contribution in [-0.4, -0.2) is 5.16 Å². The Morgan fingerprint density at radius 3 is 2.76 bits per heavy atom. The fourth-order valence-corrected chi connectivity index (χ4v) is 2.68. The number of benzene rings is 1. The lowest BCUT2D eigenvalue weighted by Gasteiger charge is -2.12. The van der Waals surface area contributed by atoms with Gasteiger partial charge in [-0.15, -0.1) is 0 Å². The van der Waals surface area contributed by atoms with Crippen molar-refractivity contribution in [2.24, 2.45) is 5.41 Å². The molecule has 0 spiro atoms. The van der Waals surface area contributed by atoms with E-state index in [4.69, 9.17) is 4.52 Å². The summed E-state index contributed by atoms with van der Waals surface area (Å²) in [6.45, 7) is 4.39. The van der Waals surface area contributed by atoms with Crippen LogP contribution in [0.3, 0.4) is 0 Å². The average molecular weight is 337 g/mol. The molecule has 0 saturated heterocycles. The first-order valence-corrected chi connectivity index (χ1v) is 6.61. The van der Waals surface area contributed by atoms with Gasteiger partial charge in [-0.2, -0.15) is 0 Å². The minimum Gasteiger partial charge on any atom is -0.355 e. The lowest BCUT2D eigenvalue weighted by Crippen LogP contribution is -1.99. The van der Waals surface area contributed by atoms with Crippen molar-refractivity contribution in [3.8, 4) is 0 Å². The Kier molecular flexibility index (Phi) is 2.40. The van der Waals surface area contributed by atoms with E-state index in [-0.39, 0.29) is 5.41 Å². The second-order valence-corrected chi connectivity index (χ2v) is 5.92. The third-order valence-electron chi connectivity index (χ3n) is 3.04. The summed E-state index contributed by atoms with van der Waals surface area (Å²) < 4.78 is 6.22. The van der Waals surface area contributed by atoms with Crippen LogP contribution in [0.25, 0.3) is 23.1 Å². The van der Waals surface area contributed by atoms with E-state index < -0.39 is 0 Å². The summed E-state index contributed by atoms with van der Waals surface area (Å²) in [4.78, 5) is 0. The third kappa shape index (κ3) is 1.82. The number of hydrogen-bond acceptors (Lipinski definition) is 2. The quantitative estimate of drug-likeness (QED) is 0.662. The molecule has 0 fully saturated rings. The first-order chi connectivity index (χ1) is 8.07. The van der Waals surface area contributed by atoms with E-state index in [1.807, 2.05) is 6.07 Å². The van der Waals surface area contributed by atoms with Gasteiger partial charge in [-0.05, 0) is 39.8 Å². The van der Waals surface area contributed by atoms with E-state index in [1.165, 1.54) is 11.1 Å². The monoisotopic (exact) mass is 337 g/mol. The predicted molar refractivity (Wildman–Crippen MR) is 78.6 cm³/mol. The zero-order valence-electron chi connectivity index (χ0n) is 9.70. The van der Waals surface area contributed by atoms with Crippen LogP contribution in [0, 0.1) is 9.12 Å². The van der Waals surface area contributed by atoms with Gasteiger partial charge < -0.3 is 4.52 Å². The van der Waals surface area contributed by atoms with Crippen LogP contribution in [0.15, 0.2) is 28.8 Å². The Morgan fingerprint density at radius 2 is 1.94 bits per heavy atom. The van der Waals surface area contributed by atoms with Crippen LogP contribution in [-0.2, 0) is 0 Å². The van der Waals surface area contributed by atoms with Crippen molar-refractivity contribution in [2.75, 3.05) is 0 Å². The molecule has 0 amide bonds. The number of aromatic nitrogens is 1. The molecule has 1 aromatic heterocycles. The molecular formula is C14H12INO. The lowest BCUT2D eigenvalue weighted by atomic mass is 9.93. The summed E-state index contributed by atoms with van der Waals surface area (Å²) in [5, 5.41) is 5.14. The second-order valence-electron chi connectivity index (χ2n) is 4.90. The van der Waals surface area contributed by atoms with Crippen LogP contribution in [0.5, 0.6) is 0 Å². The maximum absolute atomic E-state index is 5.29. The van der Waals surface area contributed by atoms with Gasteiger partial charge in [0.25, 0.3) is 0 Å². The van der Waals surface area contributed by atoms with Gasteiger partial charge in [-0.3, -0.25) is 0 Å². The Bertz CT molecular complexity index is 650. The summed E-state index contributed by atoms with van der Waals surface area (Å²) in [6.07, 6.45) is 8.80. The van der Waals surface area contributed by atoms with Gasteiger partial charge in [-0.25, -0.2) is 0 Å². The number of allylic oxidation sites excluding steroid dienone is 2. The number of halogens is 1. The van der Waals surface area contributed by atoms with Crippen molar-refractivity contribution in [3.05, 3.63) is 39.1 Å². The highest BCUT2D eigenvalue weighted by Crippen LogP contribution is 2.33. The molecule has 86 valence electrons. The van der Waals surface area contributed by atoms with E-state index >= 15 is 0 Å². The summed E-state index contributed by atoms with van der Waals surface area (Å²) >= 11 is 2.22. The summed E-state index contributed by atoms with van der Waals surface area (Å²) in [5.41, 5.74) is 3.37. The third-order valence-corrected chi connectivity index (χ3v) is 3.78. The number of hydrogen-bond donors (Lipinski definition) is 0. The lowest BCUT2D eigenvalue weighted by molar-refractivity contribution is 0.451. The predicted octanol–water partition coefficient (Wildman–Crippen LogP) is 4.50. The van der Waals surface area contributed by atoms with Gasteiger partial charge in [0.05, 0.1) is 5.39 Å². The highest BCUT2D eigenvalue weighted by Gasteiger charge is 2.17. The fourth-order valence-electron chi connectivity index (χ4n) is 2.02. The van der Waals surface area contributed by atoms with Crippen LogP contribution < -0.4 is 0 Å². The molecule has 0 atom stereocenters. The zero-order valence-corrected chi connectivity index (χ0v) is 11.9. The summed E-state index contributed by atoms with van der Waals surface area (Å²) in [6, 6.07) is 4.07. The van der Waals surface area contributed by atoms with Gasteiger partial charge in [0.2, 0.25) is 0 Å². The van der Waals surface area contributed by atoms with Gasteiger partial charge in [0.1, 0.15) is 0 Å². The zero-order chi connectivity index (χ0) is 12.0. The van der Waals surface area contributed by atoms with E-state index in [2.05, 4.69) is 72.0 Å². The van der Waals surface area contributed by atoms with Crippen molar-refractivity contribution in [2.45, 2.75) is 13.8 Å². The van der Waals surface area contributed by atoms with Crippen molar-refractivity contribution < 1.29 is 4.52 Å². The van der Waals surface area contributed by atoms with Gasteiger partial charge in [0.15, 0.2) is 9.28 Å². The minimum atomic E-state index is 0.0912. The van der Waals surface area contributed by atoms with E-state index in [9.17, 15) is 0 Å². The highest BCUT2D eigenvalue weighted by atomic mass is 127. The smallest absolute Gasteiger partial charge is 0.168 e. The Morgan fingerprint density at radius 1 is 1.18 bits per heavy atom. The van der Waals surface area contributed by atoms with Crippen molar-refractivity contribution >= 4 is 45.7 Å². The highest BCUT2D eigenvalue weighted by molar-refractivity contribution is 14.1. The Hall–Kier alpha value is -1.10. The van der Waals surface area contributed by atoms with Crippen molar-refractivity contribution in [3.63, 3.8) is 0 Å². The molecule has 1 heterocycles. The molecule has 2 nitrogen and oxygen atoms in total. The van der Waals surface area contributed by atoms with Gasteiger partial charge >= 0.3 is 0 Å². The second kappa shape index (κ2) is 3.70. The van der Waals surface area contributed by atoms with Crippen LogP contribution in [0.4, 0.5) is 0 Å². The largest absolute Gasteiger partial charge is 0.355 e. The molecule has 2 aromatic rings. The number of nitrogens with zero attached hydrogens (tertiary/aromatic N) is 1. The normalized spacial score (nSPS) is 17.1. The Labute approximate surface area is 114 Å². The molecule has 3 rings (SSSR count). The van der Waals surface area contributed by atoms with Crippen LogP contribution in [0.2, 0.25) is 0 Å². The molecule has 1 aliphatic rings. The standard InChI is InChI=1S/C14H12INO/c1-14(2)7-5-9-3-4-11-12(10(9)6-8-14)13(15)16-17-11/h3-8H,1-2H3. The van der Waals surface area contributed by atoms with Gasteiger partial charge in [0, 0.05) is 5.41 Å². The molecule has 3 heteroatoms. The molecule has 0 radical (unpaired) electrons. The molecular weight excluding hydrogens is 325 g/mol. The average Bonchev–Trinajstić information content (AvgIpc) is 2.58. The number of fused-ring (bicyclic) bond motifs is 3. The van der Waals surface area contributed by atoms with Gasteiger partial charge in [-0.1, -0.05) is 49.4 Å². The summed E-state index contributed by atoms with van der Waals surface area (Å²) in [7, 11) is 0. The molecule has 0 unspecified atom stereocenters. The SMILES string of the molecule is CC1(C)C=Cc2ccc3onc(I)c3c2C=C1. The molecule has 1 aromatic carbocycles. The first-order valence-electron chi connectivity index (χ1n) is 5.53. The molecule has 0 bridgehead atoms. The fraction of sp³-hybridized carbons (Fsp3) is 0.214. The summed E-state index contributed by atoms with van der Waals surface area (Å²) in [5.74, 6) is 0. The molecule has 0 saturated carbocycles. The number of rotatable bonds is 0. The molecule has 1 aliphatic carbocycles. The van der Waals surface area contributed by atoms with Crippen molar-refractivity contribution in [1.29, 1.82) is 0 Å². The maximum atomic E-state index is 5.29. The van der Waals surface area contributed by atoms with E-state index in [1.54, 1.807) is 0 Å². The van der Waals surface area contributed by atoms with Crippen LogP contribution in [0.1, 0.15) is 25.0 Å². The van der Waals surface area contributed by atoms with E-state index in [0.717, 1.165) is 14.7 Å². The molecule has 0 aliphatic heterocycles.